The molecule has 0 fully saturated rings. The molecule has 0 bridgehead atoms. The lowest BCUT2D eigenvalue weighted by atomic mass is 9.94. The number of rotatable bonds is 8. The van der Waals surface area contributed by atoms with Gasteiger partial charge in [0.1, 0.15) is 0 Å². The van der Waals surface area contributed by atoms with Gasteiger partial charge in [0, 0.05) is 24.0 Å². The first kappa shape index (κ1) is 25.1. The minimum atomic E-state index is -3.27. The summed E-state index contributed by atoms with van der Waals surface area (Å²) in [5, 5.41) is 6.63. The summed E-state index contributed by atoms with van der Waals surface area (Å²) >= 11 is 0. The average Bonchev–Trinajstić information content (AvgIpc) is 2.50. The van der Waals surface area contributed by atoms with Gasteiger partial charge in [-0.15, -0.1) is 24.0 Å². The van der Waals surface area contributed by atoms with Crippen LogP contribution in [0.3, 0.4) is 0 Å². The van der Waals surface area contributed by atoms with E-state index in [4.69, 9.17) is 0 Å². The number of hydrogen-bond donors (Lipinski definition) is 3. The van der Waals surface area contributed by atoms with Crippen LogP contribution in [0.25, 0.3) is 0 Å². The summed E-state index contributed by atoms with van der Waals surface area (Å²) in [5.74, 6) is 0.994. The van der Waals surface area contributed by atoms with E-state index in [0.717, 1.165) is 12.8 Å². The van der Waals surface area contributed by atoms with Crippen LogP contribution in [0.4, 0.5) is 0 Å². The minimum absolute atomic E-state index is 0. The molecule has 0 aromatic heterocycles. The molecule has 1 aromatic rings. The maximum Gasteiger partial charge on any atom is 0.209 e. The number of sulfonamides is 1. The standard InChI is InChI=1S/C18H32N4O2S.HI/c1-7-19-17(20-13-18(4,5)22-25(6,23)24)21-15(3)14(2)16-11-9-8-10-12-16;/h8-12,14-15,22H,7,13H2,1-6H3,(H2,19,20,21);1H. The van der Waals surface area contributed by atoms with Gasteiger partial charge in [-0.25, -0.2) is 13.1 Å². The van der Waals surface area contributed by atoms with E-state index in [0.29, 0.717) is 18.4 Å². The van der Waals surface area contributed by atoms with Crippen LogP contribution in [0.1, 0.15) is 46.1 Å². The smallest absolute Gasteiger partial charge is 0.209 e. The van der Waals surface area contributed by atoms with Gasteiger partial charge < -0.3 is 10.6 Å². The highest BCUT2D eigenvalue weighted by Gasteiger charge is 2.22. The number of guanidine groups is 1. The van der Waals surface area contributed by atoms with Crippen LogP contribution in [0.2, 0.25) is 0 Å². The summed E-state index contributed by atoms with van der Waals surface area (Å²) in [6.45, 7) is 11.0. The van der Waals surface area contributed by atoms with E-state index < -0.39 is 15.6 Å². The Hall–Kier alpha value is -0.870. The van der Waals surface area contributed by atoms with Crippen molar-refractivity contribution < 1.29 is 8.42 Å². The Balaban J connectivity index is 0.00000625. The molecule has 0 spiro atoms. The molecule has 26 heavy (non-hydrogen) atoms. The summed E-state index contributed by atoms with van der Waals surface area (Å²) in [5.41, 5.74) is 0.613. The highest BCUT2D eigenvalue weighted by atomic mass is 127. The molecular weight excluding hydrogens is 463 g/mol. The number of nitrogens with one attached hydrogen (secondary N) is 3. The van der Waals surface area contributed by atoms with E-state index >= 15 is 0 Å². The van der Waals surface area contributed by atoms with E-state index in [9.17, 15) is 8.42 Å². The molecule has 8 heteroatoms. The SMILES string of the molecule is CCNC(=NCC(C)(C)NS(C)(=O)=O)NC(C)C(C)c1ccccc1.I. The van der Waals surface area contributed by atoms with Crippen molar-refractivity contribution in [1.82, 2.24) is 15.4 Å². The quantitative estimate of drug-likeness (QED) is 0.294. The second kappa shape index (κ2) is 11.1. The lowest BCUT2D eigenvalue weighted by Crippen LogP contribution is -2.48. The Morgan fingerprint density at radius 3 is 2.27 bits per heavy atom. The molecule has 6 nitrogen and oxygen atoms in total. The Bertz CT molecular complexity index is 663. The van der Waals surface area contributed by atoms with Crippen molar-refractivity contribution in [2.24, 2.45) is 4.99 Å². The second-order valence-corrected chi connectivity index (χ2v) is 8.83. The molecule has 1 aromatic carbocycles. The maximum absolute atomic E-state index is 11.5. The second-order valence-electron chi connectivity index (χ2n) is 7.09. The van der Waals surface area contributed by atoms with Gasteiger partial charge in [-0.1, -0.05) is 37.3 Å². The van der Waals surface area contributed by atoms with Crippen molar-refractivity contribution >= 4 is 40.0 Å². The van der Waals surface area contributed by atoms with Gasteiger partial charge >= 0.3 is 0 Å². The Labute approximate surface area is 175 Å². The Morgan fingerprint density at radius 1 is 1.19 bits per heavy atom. The highest BCUT2D eigenvalue weighted by molar-refractivity contribution is 14.0. The predicted molar refractivity (Wildman–Crippen MR) is 121 cm³/mol. The van der Waals surface area contributed by atoms with Crippen molar-refractivity contribution in [3.8, 4) is 0 Å². The van der Waals surface area contributed by atoms with Crippen LogP contribution in [-0.2, 0) is 10.0 Å². The van der Waals surface area contributed by atoms with E-state index in [1.165, 1.54) is 5.56 Å². The molecule has 0 radical (unpaired) electrons. The van der Waals surface area contributed by atoms with E-state index in [1.807, 2.05) is 39.0 Å². The van der Waals surface area contributed by atoms with Crippen LogP contribution < -0.4 is 15.4 Å². The molecule has 150 valence electrons. The van der Waals surface area contributed by atoms with Crippen molar-refractivity contribution in [3.05, 3.63) is 35.9 Å². The third-order valence-corrected chi connectivity index (χ3v) is 4.80. The van der Waals surface area contributed by atoms with Crippen molar-refractivity contribution in [1.29, 1.82) is 0 Å². The first-order chi connectivity index (χ1) is 11.5. The van der Waals surface area contributed by atoms with E-state index in [-0.39, 0.29) is 30.0 Å². The predicted octanol–water partition coefficient (Wildman–Crippen LogP) is 2.68. The zero-order valence-electron chi connectivity index (χ0n) is 16.5. The molecule has 0 aliphatic rings. The molecule has 0 heterocycles. The Morgan fingerprint density at radius 2 is 1.77 bits per heavy atom. The van der Waals surface area contributed by atoms with Gasteiger partial charge in [0.15, 0.2) is 5.96 Å². The lowest BCUT2D eigenvalue weighted by molar-refractivity contribution is 0.463. The van der Waals surface area contributed by atoms with E-state index in [2.05, 4.69) is 46.3 Å². The molecule has 3 N–H and O–H groups in total. The summed E-state index contributed by atoms with van der Waals surface area (Å²) < 4.78 is 25.5. The average molecular weight is 496 g/mol. The molecule has 0 aliphatic carbocycles. The maximum atomic E-state index is 11.5. The summed E-state index contributed by atoms with van der Waals surface area (Å²) in [6.07, 6.45) is 1.16. The van der Waals surface area contributed by atoms with Crippen LogP contribution in [0.15, 0.2) is 35.3 Å². The summed E-state index contributed by atoms with van der Waals surface area (Å²) in [6, 6.07) is 10.5. The Kier molecular flexibility index (Phi) is 10.7. The minimum Gasteiger partial charge on any atom is -0.357 e. The van der Waals surface area contributed by atoms with Crippen molar-refractivity contribution in [2.75, 3.05) is 19.3 Å². The van der Waals surface area contributed by atoms with Gasteiger partial charge in [-0.3, -0.25) is 4.99 Å². The van der Waals surface area contributed by atoms with Gasteiger partial charge in [0.2, 0.25) is 10.0 Å². The number of aliphatic imine (C=N–C) groups is 1. The fourth-order valence-electron chi connectivity index (χ4n) is 2.52. The fourth-order valence-corrected chi connectivity index (χ4v) is 3.59. The van der Waals surface area contributed by atoms with Gasteiger partial charge in [0.25, 0.3) is 0 Å². The van der Waals surface area contributed by atoms with Crippen LogP contribution in [0, 0.1) is 0 Å². The monoisotopic (exact) mass is 496 g/mol. The number of nitrogens with zero attached hydrogens (tertiary/aromatic N) is 1. The molecule has 0 aliphatic heterocycles. The number of halogens is 1. The third-order valence-electron chi connectivity index (χ3n) is 3.88. The fraction of sp³-hybridized carbons (Fsp3) is 0.611. The third kappa shape index (κ3) is 9.72. The first-order valence-electron chi connectivity index (χ1n) is 8.63. The highest BCUT2D eigenvalue weighted by Crippen LogP contribution is 2.18. The topological polar surface area (TPSA) is 82.6 Å². The molecular formula is C18H33IN4O2S. The number of benzene rings is 1. The number of hydrogen-bond acceptors (Lipinski definition) is 3. The first-order valence-corrected chi connectivity index (χ1v) is 10.5. The van der Waals surface area contributed by atoms with Gasteiger partial charge in [0.05, 0.1) is 12.8 Å². The molecule has 0 amide bonds. The van der Waals surface area contributed by atoms with Crippen LogP contribution in [-0.4, -0.2) is 45.3 Å². The normalized spacial score (nSPS) is 14.9. The summed E-state index contributed by atoms with van der Waals surface area (Å²) in [4.78, 5) is 4.55. The zero-order chi connectivity index (χ0) is 19.1. The lowest BCUT2D eigenvalue weighted by Gasteiger charge is -2.26. The molecule has 1 rings (SSSR count). The molecule has 0 saturated heterocycles. The zero-order valence-corrected chi connectivity index (χ0v) is 19.7. The largest absolute Gasteiger partial charge is 0.357 e. The summed E-state index contributed by atoms with van der Waals surface area (Å²) in [7, 11) is -3.27. The van der Waals surface area contributed by atoms with Gasteiger partial charge in [-0.05, 0) is 33.3 Å². The molecule has 2 unspecified atom stereocenters. The van der Waals surface area contributed by atoms with E-state index in [1.54, 1.807) is 0 Å². The van der Waals surface area contributed by atoms with Crippen LogP contribution in [0.5, 0.6) is 0 Å². The molecule has 0 saturated carbocycles. The van der Waals surface area contributed by atoms with Gasteiger partial charge in [-0.2, -0.15) is 0 Å². The van der Waals surface area contributed by atoms with Crippen molar-refractivity contribution in [3.63, 3.8) is 0 Å². The molecule has 2 atom stereocenters. The van der Waals surface area contributed by atoms with Crippen molar-refractivity contribution in [2.45, 2.75) is 52.1 Å². The van der Waals surface area contributed by atoms with Crippen LogP contribution >= 0.6 is 24.0 Å².